The summed E-state index contributed by atoms with van der Waals surface area (Å²) in [6.07, 6.45) is 1.65. The number of nitrogens with zero attached hydrogens (tertiary/aromatic N) is 2. The minimum atomic E-state index is 0.349. The topological polar surface area (TPSA) is 45.9 Å². The highest BCUT2D eigenvalue weighted by atomic mass is 16.5. The molecule has 0 saturated carbocycles. The second kappa shape index (κ2) is 3.72. The maximum atomic E-state index is 8.64. The fraction of sp³-hybridized carbons (Fsp3) is 0.333. The van der Waals surface area contributed by atoms with Gasteiger partial charge in [0, 0.05) is 6.20 Å². The van der Waals surface area contributed by atoms with Gasteiger partial charge >= 0.3 is 0 Å². The molecule has 0 unspecified atom stereocenters. The zero-order valence-corrected chi connectivity index (χ0v) is 7.16. The maximum Gasteiger partial charge on any atom is 0.182 e. The van der Waals surface area contributed by atoms with Crippen molar-refractivity contribution < 1.29 is 4.74 Å². The Labute approximate surface area is 71.6 Å². The van der Waals surface area contributed by atoms with E-state index in [-0.39, 0.29) is 0 Å². The summed E-state index contributed by atoms with van der Waals surface area (Å²) >= 11 is 0. The highest BCUT2D eigenvalue weighted by Crippen LogP contribution is 2.16. The average molecular weight is 162 g/mol. The van der Waals surface area contributed by atoms with Gasteiger partial charge in [-0.15, -0.1) is 0 Å². The lowest BCUT2D eigenvalue weighted by Crippen LogP contribution is -1.96. The number of pyridine rings is 1. The van der Waals surface area contributed by atoms with Crippen molar-refractivity contribution in [2.45, 2.75) is 13.8 Å². The van der Waals surface area contributed by atoms with Crippen molar-refractivity contribution in [1.29, 1.82) is 5.26 Å². The second-order valence-corrected chi connectivity index (χ2v) is 2.40. The van der Waals surface area contributed by atoms with E-state index < -0.39 is 0 Å². The molecule has 1 heterocycles. The first-order valence-electron chi connectivity index (χ1n) is 3.77. The molecule has 0 saturated heterocycles. The SMILES string of the molecule is CCOc1cc(C)cnc1C#N. The molecule has 0 fully saturated rings. The van der Waals surface area contributed by atoms with E-state index in [1.165, 1.54) is 0 Å². The van der Waals surface area contributed by atoms with Gasteiger partial charge < -0.3 is 4.74 Å². The van der Waals surface area contributed by atoms with Crippen LogP contribution < -0.4 is 4.74 Å². The van der Waals surface area contributed by atoms with Gasteiger partial charge in [-0.05, 0) is 25.5 Å². The molecular weight excluding hydrogens is 152 g/mol. The quantitative estimate of drug-likeness (QED) is 0.664. The van der Waals surface area contributed by atoms with Crippen LogP contribution in [0.5, 0.6) is 5.75 Å². The van der Waals surface area contributed by atoms with Crippen molar-refractivity contribution in [3.63, 3.8) is 0 Å². The summed E-state index contributed by atoms with van der Waals surface area (Å²) in [6.45, 7) is 4.35. The predicted molar refractivity (Wildman–Crippen MR) is 44.9 cm³/mol. The molecule has 0 amide bonds. The second-order valence-electron chi connectivity index (χ2n) is 2.40. The molecule has 0 aliphatic carbocycles. The molecule has 0 bridgehead atoms. The molecule has 1 aromatic heterocycles. The molecule has 0 spiro atoms. The number of rotatable bonds is 2. The lowest BCUT2D eigenvalue weighted by atomic mass is 10.2. The fourth-order valence-corrected chi connectivity index (χ4v) is 0.892. The molecule has 1 aromatic rings. The van der Waals surface area contributed by atoms with Crippen LogP contribution in [0.4, 0.5) is 0 Å². The number of nitriles is 1. The van der Waals surface area contributed by atoms with Gasteiger partial charge in [0.1, 0.15) is 6.07 Å². The molecule has 62 valence electrons. The summed E-state index contributed by atoms with van der Waals surface area (Å²) in [5.74, 6) is 0.569. The lowest BCUT2D eigenvalue weighted by molar-refractivity contribution is 0.337. The zero-order chi connectivity index (χ0) is 8.97. The Balaban J connectivity index is 3.06. The third kappa shape index (κ3) is 1.73. The van der Waals surface area contributed by atoms with Crippen molar-refractivity contribution in [2.24, 2.45) is 0 Å². The van der Waals surface area contributed by atoms with Crippen molar-refractivity contribution in [2.75, 3.05) is 6.61 Å². The molecular formula is C9H10N2O. The first kappa shape index (κ1) is 8.54. The van der Waals surface area contributed by atoms with Gasteiger partial charge in [0.15, 0.2) is 11.4 Å². The standard InChI is InChI=1S/C9H10N2O/c1-3-12-9-4-7(2)6-11-8(9)5-10/h4,6H,3H2,1-2H3. The molecule has 0 N–H and O–H groups in total. The number of hydrogen-bond acceptors (Lipinski definition) is 3. The van der Waals surface area contributed by atoms with Gasteiger partial charge in [0.25, 0.3) is 0 Å². The van der Waals surface area contributed by atoms with Crippen LogP contribution in [-0.4, -0.2) is 11.6 Å². The minimum Gasteiger partial charge on any atom is -0.491 e. The van der Waals surface area contributed by atoms with E-state index in [1.54, 1.807) is 6.20 Å². The van der Waals surface area contributed by atoms with Crippen LogP contribution >= 0.6 is 0 Å². The smallest absolute Gasteiger partial charge is 0.182 e. The van der Waals surface area contributed by atoms with Gasteiger partial charge in [-0.3, -0.25) is 0 Å². The molecule has 3 nitrogen and oxygen atoms in total. The third-order valence-electron chi connectivity index (χ3n) is 1.40. The Morgan fingerprint density at radius 3 is 3.00 bits per heavy atom. The van der Waals surface area contributed by atoms with Crippen LogP contribution in [0.1, 0.15) is 18.2 Å². The van der Waals surface area contributed by atoms with Gasteiger partial charge in [-0.1, -0.05) is 0 Å². The van der Waals surface area contributed by atoms with E-state index >= 15 is 0 Å². The predicted octanol–water partition coefficient (Wildman–Crippen LogP) is 1.66. The first-order valence-corrected chi connectivity index (χ1v) is 3.77. The molecule has 0 aromatic carbocycles. The van der Waals surface area contributed by atoms with Crippen LogP contribution in [0.25, 0.3) is 0 Å². The van der Waals surface area contributed by atoms with E-state index in [2.05, 4.69) is 4.98 Å². The zero-order valence-electron chi connectivity index (χ0n) is 7.16. The van der Waals surface area contributed by atoms with Crippen molar-refractivity contribution in [1.82, 2.24) is 4.98 Å². The van der Waals surface area contributed by atoms with Gasteiger partial charge in [-0.25, -0.2) is 4.98 Å². The summed E-state index contributed by atoms with van der Waals surface area (Å²) in [5, 5.41) is 8.64. The third-order valence-corrected chi connectivity index (χ3v) is 1.40. The maximum absolute atomic E-state index is 8.64. The van der Waals surface area contributed by atoms with E-state index in [4.69, 9.17) is 10.00 Å². The molecule has 0 atom stereocenters. The first-order chi connectivity index (χ1) is 5.77. The summed E-state index contributed by atoms with van der Waals surface area (Å²) < 4.78 is 5.22. The van der Waals surface area contributed by atoms with Crippen molar-refractivity contribution >= 4 is 0 Å². The summed E-state index contributed by atoms with van der Waals surface area (Å²) in [5.41, 5.74) is 1.35. The average Bonchev–Trinajstić information content (AvgIpc) is 2.05. The molecule has 0 radical (unpaired) electrons. The van der Waals surface area contributed by atoms with Crippen LogP contribution in [-0.2, 0) is 0 Å². The Morgan fingerprint density at radius 1 is 1.67 bits per heavy atom. The van der Waals surface area contributed by atoms with Crippen LogP contribution in [0.2, 0.25) is 0 Å². The molecule has 1 rings (SSSR count). The number of hydrogen-bond donors (Lipinski definition) is 0. The molecule has 0 aliphatic rings. The number of ether oxygens (including phenoxy) is 1. The molecule has 12 heavy (non-hydrogen) atoms. The highest BCUT2D eigenvalue weighted by Gasteiger charge is 2.02. The van der Waals surface area contributed by atoms with E-state index in [1.807, 2.05) is 26.0 Å². The van der Waals surface area contributed by atoms with Gasteiger partial charge in [0.05, 0.1) is 6.61 Å². The lowest BCUT2D eigenvalue weighted by Gasteiger charge is -2.04. The van der Waals surface area contributed by atoms with Crippen LogP contribution in [0.15, 0.2) is 12.3 Å². The van der Waals surface area contributed by atoms with Crippen molar-refractivity contribution in [3.8, 4) is 11.8 Å². The summed E-state index contributed by atoms with van der Waals surface area (Å²) in [6, 6.07) is 3.79. The monoisotopic (exact) mass is 162 g/mol. The molecule has 0 aliphatic heterocycles. The van der Waals surface area contributed by atoms with E-state index in [0.717, 1.165) is 5.56 Å². The summed E-state index contributed by atoms with van der Waals surface area (Å²) in [4.78, 5) is 3.93. The van der Waals surface area contributed by atoms with Crippen LogP contribution in [0.3, 0.4) is 0 Å². The summed E-state index contributed by atoms with van der Waals surface area (Å²) in [7, 11) is 0. The minimum absolute atomic E-state index is 0.349. The van der Waals surface area contributed by atoms with E-state index in [0.29, 0.717) is 18.1 Å². The molecule has 3 heteroatoms. The van der Waals surface area contributed by atoms with Gasteiger partial charge in [-0.2, -0.15) is 5.26 Å². The Morgan fingerprint density at radius 2 is 2.42 bits per heavy atom. The number of aryl methyl sites for hydroxylation is 1. The normalized spacial score (nSPS) is 9.08. The Hall–Kier alpha value is -1.56. The highest BCUT2D eigenvalue weighted by molar-refractivity contribution is 5.38. The number of aromatic nitrogens is 1. The van der Waals surface area contributed by atoms with Crippen LogP contribution in [0, 0.1) is 18.3 Å². The largest absolute Gasteiger partial charge is 0.491 e. The Bertz CT molecular complexity index is 315. The fourth-order valence-electron chi connectivity index (χ4n) is 0.892. The van der Waals surface area contributed by atoms with E-state index in [9.17, 15) is 0 Å². The van der Waals surface area contributed by atoms with Crippen molar-refractivity contribution in [3.05, 3.63) is 23.5 Å². The van der Waals surface area contributed by atoms with Gasteiger partial charge in [0.2, 0.25) is 0 Å². The Kier molecular flexibility index (Phi) is 2.65.